The molecule has 0 aliphatic heterocycles. The maximum Gasteiger partial charge on any atom is 0.272 e. The molecule has 0 unspecified atom stereocenters. The van der Waals surface area contributed by atoms with Gasteiger partial charge in [0.05, 0.1) is 0 Å². The largest absolute Gasteiger partial charge is 0.314 e. The van der Waals surface area contributed by atoms with Gasteiger partial charge in [-0.05, 0) is 6.42 Å². The highest BCUT2D eigenvalue weighted by Gasteiger charge is 2.03. The molecule has 4 heteroatoms. The molecule has 0 saturated carbocycles. The monoisotopic (exact) mass is 186 g/mol. The van der Waals surface area contributed by atoms with Crippen molar-refractivity contribution >= 4 is 11.6 Å². The van der Waals surface area contributed by atoms with Crippen LogP contribution < -0.4 is 5.56 Å². The minimum absolute atomic E-state index is 0.0544. The van der Waals surface area contributed by atoms with Gasteiger partial charge in [0.15, 0.2) is 0 Å². The number of hydrogen-bond donors (Lipinski definition) is 0. The minimum Gasteiger partial charge on any atom is -0.314 e. The summed E-state index contributed by atoms with van der Waals surface area (Å²) in [4.78, 5) is 15.3. The van der Waals surface area contributed by atoms with Gasteiger partial charge in [-0.1, -0.05) is 24.9 Å². The van der Waals surface area contributed by atoms with Gasteiger partial charge in [-0.15, -0.1) is 0 Å². The molecule has 0 aromatic carbocycles. The molecule has 0 N–H and O–H groups in total. The maximum atomic E-state index is 11.4. The van der Waals surface area contributed by atoms with Gasteiger partial charge in [0.1, 0.15) is 10.8 Å². The van der Waals surface area contributed by atoms with Crippen LogP contribution in [0.5, 0.6) is 0 Å². The molecular formula is C8H11ClN2O. The zero-order valence-electron chi connectivity index (χ0n) is 7.17. The minimum atomic E-state index is -0.0544. The van der Waals surface area contributed by atoms with Crippen LogP contribution >= 0.6 is 11.6 Å². The number of aromatic nitrogens is 2. The molecule has 1 heterocycles. The second kappa shape index (κ2) is 3.72. The van der Waals surface area contributed by atoms with E-state index >= 15 is 0 Å². The Morgan fingerprint density at radius 3 is 2.92 bits per heavy atom. The molecule has 0 aliphatic carbocycles. The molecule has 0 fully saturated rings. The summed E-state index contributed by atoms with van der Waals surface area (Å²) in [6.45, 7) is 2.00. The third kappa shape index (κ3) is 1.85. The summed E-state index contributed by atoms with van der Waals surface area (Å²) < 4.78 is 1.46. The van der Waals surface area contributed by atoms with E-state index in [0.29, 0.717) is 17.3 Å². The van der Waals surface area contributed by atoms with Crippen LogP contribution in [0.1, 0.15) is 19.0 Å². The average Bonchev–Trinajstić information content (AvgIpc) is 2.00. The molecule has 0 aliphatic rings. The number of halogens is 1. The van der Waals surface area contributed by atoms with Crippen LogP contribution in [0.4, 0.5) is 0 Å². The molecule has 1 rings (SSSR count). The predicted octanol–water partition coefficient (Wildman–Crippen LogP) is 1.39. The summed E-state index contributed by atoms with van der Waals surface area (Å²) in [7, 11) is 1.68. The van der Waals surface area contributed by atoms with E-state index in [1.165, 1.54) is 10.8 Å². The van der Waals surface area contributed by atoms with Crippen molar-refractivity contribution in [3.8, 4) is 0 Å². The fourth-order valence-electron chi connectivity index (χ4n) is 1.03. The molecule has 0 atom stereocenters. The van der Waals surface area contributed by atoms with Crippen LogP contribution in [0, 0.1) is 0 Å². The van der Waals surface area contributed by atoms with Crippen molar-refractivity contribution in [1.82, 2.24) is 9.55 Å². The van der Waals surface area contributed by atoms with Crippen LogP contribution in [0.15, 0.2) is 11.0 Å². The van der Waals surface area contributed by atoms with E-state index in [9.17, 15) is 4.79 Å². The Balaban J connectivity index is 3.19. The molecule has 12 heavy (non-hydrogen) atoms. The van der Waals surface area contributed by atoms with Crippen molar-refractivity contribution in [2.45, 2.75) is 19.8 Å². The third-order valence-electron chi connectivity index (χ3n) is 1.60. The summed E-state index contributed by atoms with van der Waals surface area (Å²) in [6.07, 6.45) is 3.11. The predicted molar refractivity (Wildman–Crippen MR) is 48.5 cm³/mol. The van der Waals surface area contributed by atoms with Gasteiger partial charge in [-0.25, -0.2) is 4.98 Å². The van der Waals surface area contributed by atoms with Crippen LogP contribution in [-0.4, -0.2) is 9.55 Å². The molecule has 1 aromatic rings. The lowest BCUT2D eigenvalue weighted by atomic mass is 10.2. The molecule has 66 valence electrons. The lowest BCUT2D eigenvalue weighted by Gasteiger charge is -2.01. The number of nitrogens with zero attached hydrogens (tertiary/aromatic N) is 2. The standard InChI is InChI=1S/C8H11ClN2O/c1-3-4-6-8(12)11(2)5-7(9)10-6/h5H,3-4H2,1-2H3. The Bertz CT molecular complexity index is 332. The molecule has 0 spiro atoms. The SMILES string of the molecule is CCCc1nc(Cl)cn(C)c1=O. The van der Waals surface area contributed by atoms with E-state index in [-0.39, 0.29) is 5.56 Å². The summed E-state index contributed by atoms with van der Waals surface area (Å²) >= 11 is 5.69. The van der Waals surface area contributed by atoms with Crippen LogP contribution in [0.25, 0.3) is 0 Å². The van der Waals surface area contributed by atoms with Crippen molar-refractivity contribution in [3.05, 3.63) is 27.4 Å². The first-order valence-electron chi connectivity index (χ1n) is 3.87. The molecule has 1 aromatic heterocycles. The smallest absolute Gasteiger partial charge is 0.272 e. The molecule has 3 nitrogen and oxygen atoms in total. The van der Waals surface area contributed by atoms with E-state index in [1.54, 1.807) is 7.05 Å². The van der Waals surface area contributed by atoms with Crippen molar-refractivity contribution in [2.75, 3.05) is 0 Å². The zero-order valence-corrected chi connectivity index (χ0v) is 7.93. The van der Waals surface area contributed by atoms with Crippen molar-refractivity contribution in [3.63, 3.8) is 0 Å². The lowest BCUT2D eigenvalue weighted by molar-refractivity contribution is 0.775. The van der Waals surface area contributed by atoms with Crippen molar-refractivity contribution in [1.29, 1.82) is 0 Å². The summed E-state index contributed by atoms with van der Waals surface area (Å²) in [5.74, 6) is 0. The summed E-state index contributed by atoms with van der Waals surface area (Å²) in [6, 6.07) is 0. The topological polar surface area (TPSA) is 34.9 Å². The van der Waals surface area contributed by atoms with E-state index in [1.807, 2.05) is 6.92 Å². The second-order valence-electron chi connectivity index (χ2n) is 2.68. The van der Waals surface area contributed by atoms with Crippen molar-refractivity contribution < 1.29 is 0 Å². The Morgan fingerprint density at radius 2 is 2.33 bits per heavy atom. The molecule has 0 bridgehead atoms. The Labute approximate surface area is 76.0 Å². The normalized spacial score (nSPS) is 10.2. The fourth-order valence-corrected chi connectivity index (χ4v) is 1.28. The third-order valence-corrected chi connectivity index (χ3v) is 1.78. The van der Waals surface area contributed by atoms with Gasteiger partial charge in [0.2, 0.25) is 0 Å². The fraction of sp³-hybridized carbons (Fsp3) is 0.500. The first-order chi connectivity index (χ1) is 5.65. The number of hydrogen-bond acceptors (Lipinski definition) is 2. The van der Waals surface area contributed by atoms with Crippen molar-refractivity contribution in [2.24, 2.45) is 7.05 Å². The highest BCUT2D eigenvalue weighted by atomic mass is 35.5. The van der Waals surface area contributed by atoms with Gasteiger partial charge < -0.3 is 4.57 Å². The van der Waals surface area contributed by atoms with Gasteiger partial charge in [-0.2, -0.15) is 0 Å². The highest BCUT2D eigenvalue weighted by molar-refractivity contribution is 6.29. The Morgan fingerprint density at radius 1 is 1.67 bits per heavy atom. The molecule has 0 amide bonds. The van der Waals surface area contributed by atoms with Gasteiger partial charge in [-0.3, -0.25) is 4.79 Å². The van der Waals surface area contributed by atoms with E-state index in [0.717, 1.165) is 6.42 Å². The molecule has 0 saturated heterocycles. The van der Waals surface area contributed by atoms with Gasteiger partial charge in [0.25, 0.3) is 5.56 Å². The number of aryl methyl sites for hydroxylation is 2. The first kappa shape index (κ1) is 9.26. The van der Waals surface area contributed by atoms with Crippen LogP contribution in [0.2, 0.25) is 5.15 Å². The van der Waals surface area contributed by atoms with Crippen LogP contribution in [0.3, 0.4) is 0 Å². The van der Waals surface area contributed by atoms with E-state index in [2.05, 4.69) is 4.98 Å². The lowest BCUT2D eigenvalue weighted by Crippen LogP contribution is -2.22. The maximum absolute atomic E-state index is 11.4. The number of rotatable bonds is 2. The summed E-state index contributed by atoms with van der Waals surface area (Å²) in [5.41, 5.74) is 0.494. The van der Waals surface area contributed by atoms with Gasteiger partial charge in [0, 0.05) is 13.2 Å². The van der Waals surface area contributed by atoms with E-state index in [4.69, 9.17) is 11.6 Å². The Hall–Kier alpha value is -0.830. The zero-order chi connectivity index (χ0) is 9.14. The Kier molecular flexibility index (Phi) is 2.87. The van der Waals surface area contributed by atoms with E-state index < -0.39 is 0 Å². The quantitative estimate of drug-likeness (QED) is 0.700. The molecular weight excluding hydrogens is 176 g/mol. The summed E-state index contributed by atoms with van der Waals surface area (Å²) in [5, 5.41) is 0.376. The highest BCUT2D eigenvalue weighted by Crippen LogP contribution is 2.02. The average molecular weight is 187 g/mol. The second-order valence-corrected chi connectivity index (χ2v) is 3.06. The van der Waals surface area contributed by atoms with Crippen LogP contribution in [-0.2, 0) is 13.5 Å². The van der Waals surface area contributed by atoms with Gasteiger partial charge >= 0.3 is 0 Å². The first-order valence-corrected chi connectivity index (χ1v) is 4.25. The molecule has 0 radical (unpaired) electrons.